The van der Waals surface area contributed by atoms with Gasteiger partial charge in [0, 0.05) is 44.9 Å². The molecule has 0 atom stereocenters. The Morgan fingerprint density at radius 3 is 1.65 bits per heavy atom. The van der Waals surface area contributed by atoms with Gasteiger partial charge in [0.25, 0.3) is 0 Å². The second kappa shape index (κ2) is 11.7. The van der Waals surface area contributed by atoms with Crippen LogP contribution in [0.5, 0.6) is 0 Å². The van der Waals surface area contributed by atoms with E-state index in [1.165, 1.54) is 0 Å². The van der Waals surface area contributed by atoms with Crippen LogP contribution >= 0.6 is 0 Å². The summed E-state index contributed by atoms with van der Waals surface area (Å²) in [6.07, 6.45) is 4.09. The number of nitrogens with zero attached hydrogens (tertiary/aromatic N) is 2. The third-order valence-electron chi connectivity index (χ3n) is 8.78. The molecule has 225 valence electrons. The van der Waals surface area contributed by atoms with Crippen molar-refractivity contribution in [3.63, 3.8) is 0 Å². The van der Waals surface area contributed by atoms with E-state index in [0.29, 0.717) is 0 Å². The van der Waals surface area contributed by atoms with Crippen molar-refractivity contribution in [2.45, 2.75) is 0 Å². The number of fused-ring (bicyclic) bond motifs is 8. The van der Waals surface area contributed by atoms with Crippen molar-refractivity contribution in [2.24, 2.45) is 0 Å². The number of benzene rings is 4. The molecule has 0 saturated heterocycles. The Kier molecular flexibility index (Phi) is 6.76. The molecule has 8 bridgehead atoms. The maximum absolute atomic E-state index is 5.58. The lowest BCUT2D eigenvalue weighted by Gasteiger charge is -2.13. The molecule has 48 heavy (non-hydrogen) atoms. The molecule has 2 aliphatic heterocycles. The van der Waals surface area contributed by atoms with E-state index in [9.17, 15) is 0 Å². The van der Waals surface area contributed by atoms with E-state index in [4.69, 9.17) is 9.97 Å². The average Bonchev–Trinajstić information content (AvgIpc) is 3.94. The second-order valence-corrected chi connectivity index (χ2v) is 11.9. The van der Waals surface area contributed by atoms with Gasteiger partial charge < -0.3 is 9.97 Å². The van der Waals surface area contributed by atoms with Gasteiger partial charge in [-0.15, -0.1) is 0 Å². The Bertz CT molecular complexity index is 2520. The zero-order chi connectivity index (χ0) is 31.9. The molecule has 0 aliphatic carbocycles. The summed E-state index contributed by atoms with van der Waals surface area (Å²) in [4.78, 5) is 17.9. The summed E-state index contributed by atoms with van der Waals surface area (Å²) >= 11 is 0. The molecular weight excluding hydrogens is 585 g/mol. The van der Waals surface area contributed by atoms with Crippen molar-refractivity contribution < 1.29 is 0 Å². The molecule has 4 nitrogen and oxygen atoms in total. The highest BCUT2D eigenvalue weighted by Gasteiger charge is 2.27. The second-order valence-electron chi connectivity index (χ2n) is 11.9. The van der Waals surface area contributed by atoms with E-state index in [0.717, 1.165) is 89.4 Å². The summed E-state index contributed by atoms with van der Waals surface area (Å²) in [6.45, 7) is 0. The van der Waals surface area contributed by atoms with Crippen LogP contribution in [0.25, 0.3) is 67.6 Å². The van der Waals surface area contributed by atoms with Crippen molar-refractivity contribution in [3.8, 4) is 22.3 Å². The Balaban J connectivity index is 1.53. The van der Waals surface area contributed by atoms with Crippen molar-refractivity contribution in [1.29, 1.82) is 0 Å². The lowest BCUT2D eigenvalue weighted by molar-refractivity contribution is 1.30. The highest BCUT2D eigenvalue weighted by molar-refractivity contribution is 6.11. The predicted octanol–water partition coefficient (Wildman–Crippen LogP) is 10.6. The lowest BCUT2D eigenvalue weighted by atomic mass is 9.89. The zero-order valence-electron chi connectivity index (χ0n) is 26.0. The molecule has 0 unspecified atom stereocenters. The fraction of sp³-hybridized carbons (Fsp3) is 0. The largest absolute Gasteiger partial charge is 0.355 e. The van der Waals surface area contributed by atoms with E-state index < -0.39 is 0 Å². The zero-order valence-corrected chi connectivity index (χ0v) is 26.0. The van der Waals surface area contributed by atoms with Crippen molar-refractivity contribution in [3.05, 3.63) is 192 Å². The maximum Gasteiger partial charge on any atom is 0.0822 e. The average molecular weight is 614 g/mol. The van der Waals surface area contributed by atoms with Gasteiger partial charge in [-0.25, -0.2) is 9.97 Å². The summed E-state index contributed by atoms with van der Waals surface area (Å²) in [7, 11) is 0. The third kappa shape index (κ3) is 5.06. The van der Waals surface area contributed by atoms with Gasteiger partial charge in [-0.3, -0.25) is 0 Å². The minimum atomic E-state index is 0.846. The molecule has 2 aliphatic rings. The first-order valence-corrected chi connectivity index (χ1v) is 16.1. The number of hydrogen-bond acceptors (Lipinski definition) is 2. The molecule has 2 N–H and O–H groups in total. The number of nitrogens with one attached hydrogen (secondary N) is 2. The third-order valence-corrected chi connectivity index (χ3v) is 8.78. The number of hydrogen-bond donors (Lipinski definition) is 2. The Morgan fingerprint density at radius 2 is 1.00 bits per heavy atom. The molecule has 9 rings (SSSR count). The van der Waals surface area contributed by atoms with Crippen LogP contribution in [0.2, 0.25) is 0 Å². The minimum absolute atomic E-state index is 0.846. The van der Waals surface area contributed by atoms with E-state index in [2.05, 4.69) is 162 Å². The Morgan fingerprint density at radius 1 is 0.458 bits per heavy atom. The van der Waals surface area contributed by atoms with E-state index in [-0.39, 0.29) is 0 Å². The van der Waals surface area contributed by atoms with Gasteiger partial charge in [-0.1, -0.05) is 121 Å². The molecule has 0 fully saturated rings. The Hall–Kier alpha value is -6.52. The van der Waals surface area contributed by atoms with Gasteiger partial charge in [-0.05, 0) is 64.7 Å². The maximum atomic E-state index is 5.58. The number of aromatic nitrogens is 4. The van der Waals surface area contributed by atoms with Crippen LogP contribution in [0.3, 0.4) is 0 Å². The lowest BCUT2D eigenvalue weighted by Crippen LogP contribution is -1.94. The van der Waals surface area contributed by atoms with Gasteiger partial charge in [-0.2, -0.15) is 0 Å². The highest BCUT2D eigenvalue weighted by Crippen LogP contribution is 2.45. The standard InChI is InChI=1S/C44H29N4/c1-5-13-29(14-6-1)38-27-37-26-35-22-21-33(45-35)25-34-23-24-36(46-34)28-39-40(30-15-7-2-8-16-30)41(31-17-9-3-10-18-31)44(48-39)42(43(38)47-37)32-19-11-4-12-20-32/h1-26,28,46-47H. The molecule has 7 aromatic rings. The molecule has 4 heteroatoms. The quantitative estimate of drug-likeness (QED) is 0.207. The van der Waals surface area contributed by atoms with Crippen molar-refractivity contribution in [2.75, 3.05) is 0 Å². The molecule has 1 radical (unpaired) electrons. The van der Waals surface area contributed by atoms with Gasteiger partial charge in [0.1, 0.15) is 0 Å². The first-order valence-electron chi connectivity index (χ1n) is 16.1. The minimum Gasteiger partial charge on any atom is -0.355 e. The summed E-state index contributed by atoms with van der Waals surface area (Å²) in [5, 5.41) is 0. The normalized spacial score (nSPS) is 12.4. The van der Waals surface area contributed by atoms with Gasteiger partial charge >= 0.3 is 0 Å². The van der Waals surface area contributed by atoms with Crippen LogP contribution in [-0.4, -0.2) is 19.9 Å². The van der Waals surface area contributed by atoms with Crippen LogP contribution in [0.15, 0.2) is 152 Å². The SMILES string of the molecule is [c]1c(-c2ccccc2)c2[nH]c1cc1nc(cc3ccc(cc4nc(c2-c2ccccc2)C(c2ccccc2)=C4c2ccccc2)[nH]3)C=C1. The first-order chi connectivity index (χ1) is 23.8. The Labute approximate surface area is 278 Å². The number of H-pyrrole nitrogens is 2. The van der Waals surface area contributed by atoms with Crippen LogP contribution in [-0.2, 0) is 0 Å². The molecule has 0 spiro atoms. The van der Waals surface area contributed by atoms with Crippen LogP contribution in [0.4, 0.5) is 0 Å². The molecular formula is C44H29N4. The predicted molar refractivity (Wildman–Crippen MR) is 198 cm³/mol. The smallest absolute Gasteiger partial charge is 0.0822 e. The van der Waals surface area contributed by atoms with Gasteiger partial charge in [0.15, 0.2) is 0 Å². The van der Waals surface area contributed by atoms with E-state index in [1.807, 2.05) is 18.2 Å². The fourth-order valence-electron chi connectivity index (χ4n) is 6.67. The van der Waals surface area contributed by atoms with E-state index in [1.54, 1.807) is 0 Å². The first kappa shape index (κ1) is 27.8. The van der Waals surface area contributed by atoms with E-state index >= 15 is 0 Å². The molecule has 0 saturated carbocycles. The molecule has 5 heterocycles. The topological polar surface area (TPSA) is 57.4 Å². The highest BCUT2D eigenvalue weighted by atomic mass is 14.8. The monoisotopic (exact) mass is 613 g/mol. The van der Waals surface area contributed by atoms with Gasteiger partial charge in [0.2, 0.25) is 0 Å². The van der Waals surface area contributed by atoms with Crippen molar-refractivity contribution in [1.82, 2.24) is 19.9 Å². The summed E-state index contributed by atoms with van der Waals surface area (Å²) in [5.74, 6) is 0. The van der Waals surface area contributed by atoms with Crippen molar-refractivity contribution >= 4 is 45.4 Å². The molecule has 0 amide bonds. The number of aromatic amines is 2. The number of rotatable bonds is 4. The summed E-state index contributed by atoms with van der Waals surface area (Å²) in [6, 6.07) is 56.5. The van der Waals surface area contributed by atoms with Crippen LogP contribution in [0.1, 0.15) is 33.9 Å². The van der Waals surface area contributed by atoms with Crippen LogP contribution in [0, 0.1) is 6.07 Å². The fourth-order valence-corrected chi connectivity index (χ4v) is 6.67. The van der Waals surface area contributed by atoms with Crippen LogP contribution < -0.4 is 0 Å². The molecule has 3 aromatic heterocycles. The summed E-state index contributed by atoms with van der Waals surface area (Å²) < 4.78 is 0. The van der Waals surface area contributed by atoms with Gasteiger partial charge in [0.05, 0.1) is 28.3 Å². The molecule has 4 aromatic carbocycles. The summed E-state index contributed by atoms with van der Waals surface area (Å²) in [5.41, 5.74) is 15.8.